The fraction of sp³-hybridized carbons (Fsp3) is 0. The van der Waals surface area contributed by atoms with Gasteiger partial charge in [-0.1, -0.05) is 152 Å². The normalized spacial score (nSPS) is 11.9. The summed E-state index contributed by atoms with van der Waals surface area (Å²) in [4.78, 5) is 2.36. The minimum absolute atomic E-state index is 0.862. The van der Waals surface area contributed by atoms with Gasteiger partial charge in [0, 0.05) is 49.4 Å². The number of fused-ring (bicyclic) bond motifs is 11. The van der Waals surface area contributed by atoms with Gasteiger partial charge in [-0.15, -0.1) is 0 Å². The summed E-state index contributed by atoms with van der Waals surface area (Å²) < 4.78 is 9.42. The number of rotatable bonds is 5. The quantitative estimate of drug-likeness (QED) is 0.176. The molecule has 12 aromatic rings. The molecular weight excluding hydrogens is 693 g/mol. The number of aromatic nitrogens is 1. The summed E-state index contributed by atoms with van der Waals surface area (Å²) in [5.41, 5.74) is 10.7. The Morgan fingerprint density at radius 2 is 0.965 bits per heavy atom. The molecule has 0 N–H and O–H groups in total. The summed E-state index contributed by atoms with van der Waals surface area (Å²) in [6.45, 7) is 0. The third-order valence-corrected chi connectivity index (χ3v) is 11.7. The number of hydrogen-bond acceptors (Lipinski definition) is 2. The SMILES string of the molecule is c1ccc(-c2ccc(N(c3ccc4c(c3)c3ccc5ccccc5c3n4-c3ccc4ccccc4c3)c3cccc4c3oc3c5ccccc5ccc43)cc2)cc1. The monoisotopic (exact) mass is 726 g/mol. The molecule has 0 aliphatic carbocycles. The Morgan fingerprint density at radius 3 is 1.79 bits per heavy atom. The first-order chi connectivity index (χ1) is 28.3. The fourth-order valence-electron chi connectivity index (χ4n) is 9.04. The van der Waals surface area contributed by atoms with Crippen molar-refractivity contribution < 1.29 is 4.42 Å². The van der Waals surface area contributed by atoms with Crippen molar-refractivity contribution in [3.05, 3.63) is 206 Å². The zero-order valence-corrected chi connectivity index (χ0v) is 30.9. The van der Waals surface area contributed by atoms with E-state index in [1.54, 1.807) is 0 Å². The fourth-order valence-corrected chi connectivity index (χ4v) is 9.04. The first kappa shape index (κ1) is 31.7. The van der Waals surface area contributed by atoms with Crippen LogP contribution in [0.3, 0.4) is 0 Å². The molecule has 0 fully saturated rings. The molecule has 0 bridgehead atoms. The Hall–Kier alpha value is -7.62. The topological polar surface area (TPSA) is 21.3 Å². The number of anilines is 3. The molecule has 0 unspecified atom stereocenters. The second-order valence-electron chi connectivity index (χ2n) is 14.9. The van der Waals surface area contributed by atoms with Gasteiger partial charge in [0.1, 0.15) is 5.58 Å². The Kier molecular flexibility index (Phi) is 6.93. The third kappa shape index (κ3) is 4.92. The lowest BCUT2D eigenvalue weighted by Crippen LogP contribution is -2.10. The Morgan fingerprint density at radius 1 is 0.351 bits per heavy atom. The molecule has 2 heterocycles. The van der Waals surface area contributed by atoms with Crippen LogP contribution in [-0.2, 0) is 0 Å². The summed E-state index contributed by atoms with van der Waals surface area (Å²) in [5, 5.41) is 11.8. The average molecular weight is 727 g/mol. The highest BCUT2D eigenvalue weighted by molar-refractivity contribution is 6.20. The minimum atomic E-state index is 0.862. The lowest BCUT2D eigenvalue weighted by molar-refractivity contribution is 0.673. The number of nitrogens with zero attached hydrogens (tertiary/aromatic N) is 2. The van der Waals surface area contributed by atoms with Crippen molar-refractivity contribution in [1.29, 1.82) is 0 Å². The van der Waals surface area contributed by atoms with E-state index in [-0.39, 0.29) is 0 Å². The van der Waals surface area contributed by atoms with Gasteiger partial charge in [0.2, 0.25) is 0 Å². The van der Waals surface area contributed by atoms with E-state index in [2.05, 4.69) is 216 Å². The lowest BCUT2D eigenvalue weighted by Gasteiger charge is -2.26. The van der Waals surface area contributed by atoms with Crippen LogP contribution in [-0.4, -0.2) is 4.57 Å². The van der Waals surface area contributed by atoms with E-state index < -0.39 is 0 Å². The molecule has 0 atom stereocenters. The van der Waals surface area contributed by atoms with Crippen molar-refractivity contribution in [2.75, 3.05) is 4.90 Å². The van der Waals surface area contributed by atoms with E-state index in [4.69, 9.17) is 4.42 Å². The molecule has 3 nitrogen and oxygen atoms in total. The van der Waals surface area contributed by atoms with Crippen molar-refractivity contribution in [2.24, 2.45) is 0 Å². The molecule has 2 aromatic heterocycles. The predicted octanol–water partition coefficient (Wildman–Crippen LogP) is 15.3. The molecule has 0 saturated heterocycles. The van der Waals surface area contributed by atoms with E-state index in [0.717, 1.165) is 55.6 Å². The number of benzene rings is 10. The van der Waals surface area contributed by atoms with Crippen LogP contribution in [0.15, 0.2) is 211 Å². The van der Waals surface area contributed by atoms with Crippen LogP contribution < -0.4 is 4.90 Å². The van der Waals surface area contributed by atoms with Crippen LogP contribution in [0.5, 0.6) is 0 Å². The number of hydrogen-bond donors (Lipinski definition) is 0. The van der Waals surface area contributed by atoms with Gasteiger partial charge in [-0.05, 0) is 87.3 Å². The Balaban J connectivity index is 1.13. The molecule has 10 aromatic carbocycles. The molecule has 0 saturated carbocycles. The van der Waals surface area contributed by atoms with E-state index in [0.29, 0.717) is 0 Å². The molecular formula is C54H34N2O. The van der Waals surface area contributed by atoms with Gasteiger partial charge in [-0.3, -0.25) is 0 Å². The van der Waals surface area contributed by atoms with Crippen LogP contribution in [0.2, 0.25) is 0 Å². The molecule has 0 amide bonds. The number of furan rings is 1. The standard InChI is InChI=1S/C54H34N2O/c1-2-11-35(12-3-1)37-21-26-41(27-22-37)55(51-20-10-19-47-48-31-25-39-15-7-9-18-45(39)53(48)57-54(47)51)43-29-32-50-49(34-43)46-30-24-38-14-6-8-17-44(38)52(46)56(50)42-28-23-36-13-4-5-16-40(36)33-42/h1-34H. The largest absolute Gasteiger partial charge is 0.453 e. The summed E-state index contributed by atoms with van der Waals surface area (Å²) >= 11 is 0. The summed E-state index contributed by atoms with van der Waals surface area (Å²) in [6, 6.07) is 74.5. The van der Waals surface area contributed by atoms with Gasteiger partial charge in [0.05, 0.1) is 16.7 Å². The summed E-state index contributed by atoms with van der Waals surface area (Å²) in [5.74, 6) is 0. The molecule has 0 radical (unpaired) electrons. The van der Waals surface area contributed by atoms with Gasteiger partial charge >= 0.3 is 0 Å². The van der Waals surface area contributed by atoms with Crippen LogP contribution in [0.1, 0.15) is 0 Å². The molecule has 266 valence electrons. The van der Waals surface area contributed by atoms with E-state index >= 15 is 0 Å². The van der Waals surface area contributed by atoms with Crippen LogP contribution >= 0.6 is 0 Å². The van der Waals surface area contributed by atoms with Crippen molar-refractivity contribution >= 4 is 93.1 Å². The second kappa shape index (κ2) is 12.5. The lowest BCUT2D eigenvalue weighted by atomic mass is 10.0. The van der Waals surface area contributed by atoms with E-state index in [1.807, 2.05) is 0 Å². The van der Waals surface area contributed by atoms with Crippen LogP contribution in [0, 0.1) is 0 Å². The smallest absolute Gasteiger partial charge is 0.159 e. The molecule has 57 heavy (non-hydrogen) atoms. The summed E-state index contributed by atoms with van der Waals surface area (Å²) in [7, 11) is 0. The van der Waals surface area contributed by atoms with Gasteiger partial charge in [-0.25, -0.2) is 0 Å². The van der Waals surface area contributed by atoms with Gasteiger partial charge in [0.15, 0.2) is 5.58 Å². The second-order valence-corrected chi connectivity index (χ2v) is 14.9. The Bertz CT molecular complexity index is 3520. The zero-order valence-electron chi connectivity index (χ0n) is 30.9. The van der Waals surface area contributed by atoms with Gasteiger partial charge < -0.3 is 13.9 Å². The molecule has 0 spiro atoms. The van der Waals surface area contributed by atoms with E-state index in [1.165, 1.54) is 54.3 Å². The zero-order chi connectivity index (χ0) is 37.5. The first-order valence-electron chi connectivity index (χ1n) is 19.5. The Labute approximate surface area is 328 Å². The third-order valence-electron chi connectivity index (χ3n) is 11.7. The predicted molar refractivity (Wildman–Crippen MR) is 241 cm³/mol. The maximum Gasteiger partial charge on any atom is 0.159 e. The van der Waals surface area contributed by atoms with Crippen molar-refractivity contribution in [1.82, 2.24) is 4.57 Å². The highest BCUT2D eigenvalue weighted by Crippen LogP contribution is 2.46. The minimum Gasteiger partial charge on any atom is -0.453 e. The first-order valence-corrected chi connectivity index (χ1v) is 19.5. The van der Waals surface area contributed by atoms with Gasteiger partial charge in [0.25, 0.3) is 0 Å². The number of para-hydroxylation sites is 1. The maximum atomic E-state index is 6.97. The van der Waals surface area contributed by atoms with Gasteiger partial charge in [-0.2, -0.15) is 0 Å². The molecule has 0 aliphatic rings. The molecule has 3 heteroatoms. The highest BCUT2D eigenvalue weighted by atomic mass is 16.3. The van der Waals surface area contributed by atoms with Crippen molar-refractivity contribution in [3.63, 3.8) is 0 Å². The highest BCUT2D eigenvalue weighted by Gasteiger charge is 2.23. The van der Waals surface area contributed by atoms with Crippen LogP contribution in [0.25, 0.3) is 92.9 Å². The maximum absolute atomic E-state index is 6.97. The van der Waals surface area contributed by atoms with E-state index in [9.17, 15) is 0 Å². The summed E-state index contributed by atoms with van der Waals surface area (Å²) in [6.07, 6.45) is 0. The molecule has 12 rings (SSSR count). The van der Waals surface area contributed by atoms with Crippen LogP contribution in [0.4, 0.5) is 17.1 Å². The molecule has 0 aliphatic heterocycles. The average Bonchev–Trinajstić information content (AvgIpc) is 3.84. The van der Waals surface area contributed by atoms with Crippen molar-refractivity contribution in [2.45, 2.75) is 0 Å². The van der Waals surface area contributed by atoms with Crippen molar-refractivity contribution in [3.8, 4) is 16.8 Å².